The molecule has 0 bridgehead atoms. The Morgan fingerprint density at radius 1 is 0.727 bits per heavy atom. The molecular weight excluding hydrogens is 444 g/mol. The van der Waals surface area contributed by atoms with Crippen LogP contribution in [0.15, 0.2) is 0 Å². The number of ether oxygens (including phenoxy) is 1. The van der Waals surface area contributed by atoms with E-state index in [9.17, 15) is 4.79 Å². The standard InChI is InChI=1S/C27H54O4Si2/c1-18(2)32(19(3)4,20(5)6)30-24-16-27(15-13-14-26(27)28)29-17-25(24)31-33(21(7)8,22(9)10)23(11)12/h18-25H,13-17H2,1-12H3/t24-,25+,27-/m0/s1. The summed E-state index contributed by atoms with van der Waals surface area (Å²) in [4.78, 5) is 13.0. The smallest absolute Gasteiger partial charge is 0.201 e. The average molecular weight is 499 g/mol. The predicted molar refractivity (Wildman–Crippen MR) is 144 cm³/mol. The van der Waals surface area contributed by atoms with Gasteiger partial charge in [-0.2, -0.15) is 0 Å². The van der Waals surface area contributed by atoms with Crippen molar-refractivity contribution in [2.45, 2.75) is 160 Å². The highest BCUT2D eigenvalue weighted by molar-refractivity contribution is 6.78. The van der Waals surface area contributed by atoms with Crippen molar-refractivity contribution in [1.29, 1.82) is 0 Å². The molecule has 1 spiro atoms. The molecule has 1 aliphatic heterocycles. The maximum Gasteiger partial charge on any atom is 0.201 e. The second-order valence-electron chi connectivity index (χ2n) is 12.7. The molecule has 0 amide bonds. The van der Waals surface area contributed by atoms with Crippen molar-refractivity contribution in [3.05, 3.63) is 0 Å². The van der Waals surface area contributed by atoms with Crippen molar-refractivity contribution in [2.75, 3.05) is 6.61 Å². The Hall–Kier alpha value is -0.0162. The lowest BCUT2D eigenvalue weighted by Crippen LogP contribution is -2.62. The fourth-order valence-electron chi connectivity index (χ4n) is 7.70. The van der Waals surface area contributed by atoms with Crippen molar-refractivity contribution in [2.24, 2.45) is 0 Å². The van der Waals surface area contributed by atoms with E-state index < -0.39 is 22.2 Å². The molecule has 0 radical (unpaired) electrons. The van der Waals surface area contributed by atoms with Gasteiger partial charge in [0.2, 0.25) is 16.6 Å². The molecule has 194 valence electrons. The molecule has 0 aromatic carbocycles. The lowest BCUT2D eigenvalue weighted by atomic mass is 9.88. The Balaban J connectivity index is 2.51. The molecule has 33 heavy (non-hydrogen) atoms. The molecule has 0 N–H and O–H groups in total. The number of hydrogen-bond donors (Lipinski definition) is 0. The lowest BCUT2D eigenvalue weighted by Gasteiger charge is -2.52. The van der Waals surface area contributed by atoms with Crippen LogP contribution in [-0.2, 0) is 18.4 Å². The molecule has 3 atom stereocenters. The lowest BCUT2D eigenvalue weighted by molar-refractivity contribution is -0.174. The number of carbonyl (C=O) groups is 1. The topological polar surface area (TPSA) is 44.8 Å². The Labute approximate surface area is 207 Å². The van der Waals surface area contributed by atoms with Gasteiger partial charge in [0.25, 0.3) is 0 Å². The van der Waals surface area contributed by atoms with E-state index in [1.807, 2.05) is 0 Å². The highest BCUT2D eigenvalue weighted by Crippen LogP contribution is 2.49. The predicted octanol–water partition coefficient (Wildman–Crippen LogP) is 8.02. The molecule has 1 saturated heterocycles. The summed E-state index contributed by atoms with van der Waals surface area (Å²) in [7, 11) is -4.25. The van der Waals surface area contributed by atoms with Crippen LogP contribution in [0.4, 0.5) is 0 Å². The van der Waals surface area contributed by atoms with Crippen molar-refractivity contribution in [3.8, 4) is 0 Å². The molecule has 1 heterocycles. The van der Waals surface area contributed by atoms with Gasteiger partial charge >= 0.3 is 0 Å². The number of rotatable bonds is 10. The minimum absolute atomic E-state index is 0.0669. The Kier molecular flexibility index (Phi) is 9.68. The zero-order valence-corrected chi connectivity index (χ0v) is 25.8. The first-order valence-corrected chi connectivity index (χ1v) is 18.0. The molecule has 0 aromatic heterocycles. The summed E-state index contributed by atoms with van der Waals surface area (Å²) in [6.07, 6.45) is 2.91. The summed E-state index contributed by atoms with van der Waals surface area (Å²) in [5, 5.41) is 0. The van der Waals surface area contributed by atoms with Crippen LogP contribution < -0.4 is 0 Å². The normalized spacial score (nSPS) is 27.5. The van der Waals surface area contributed by atoms with Gasteiger partial charge in [-0.05, 0) is 46.1 Å². The van der Waals surface area contributed by atoms with Crippen molar-refractivity contribution in [3.63, 3.8) is 0 Å². The van der Waals surface area contributed by atoms with Crippen LogP contribution in [0, 0.1) is 0 Å². The second-order valence-corrected chi connectivity index (χ2v) is 23.5. The van der Waals surface area contributed by atoms with Crippen LogP contribution >= 0.6 is 0 Å². The summed E-state index contributed by atoms with van der Waals surface area (Å²) in [6.45, 7) is 28.5. The van der Waals surface area contributed by atoms with Gasteiger partial charge in [-0.1, -0.05) is 83.1 Å². The van der Waals surface area contributed by atoms with E-state index >= 15 is 0 Å². The van der Waals surface area contributed by atoms with Crippen molar-refractivity contribution in [1.82, 2.24) is 0 Å². The van der Waals surface area contributed by atoms with E-state index in [2.05, 4.69) is 83.1 Å². The second kappa shape index (κ2) is 10.9. The first-order chi connectivity index (χ1) is 15.2. The fraction of sp³-hybridized carbons (Fsp3) is 0.963. The van der Waals surface area contributed by atoms with Gasteiger partial charge in [0.05, 0.1) is 18.8 Å². The van der Waals surface area contributed by atoms with Crippen LogP contribution in [0.3, 0.4) is 0 Å². The molecular formula is C27H54O4Si2. The van der Waals surface area contributed by atoms with Crippen molar-refractivity contribution < 1.29 is 18.4 Å². The number of hydrogen-bond acceptors (Lipinski definition) is 4. The minimum Gasteiger partial charge on any atom is -0.410 e. The molecule has 0 aromatic rings. The summed E-state index contributed by atoms with van der Waals surface area (Å²) < 4.78 is 21.1. The number of carbonyl (C=O) groups excluding carboxylic acids is 1. The van der Waals surface area contributed by atoms with Gasteiger partial charge in [-0.25, -0.2) is 0 Å². The molecule has 2 rings (SSSR count). The van der Waals surface area contributed by atoms with E-state index in [0.717, 1.165) is 12.8 Å². The molecule has 2 fully saturated rings. The van der Waals surface area contributed by atoms with Gasteiger partial charge < -0.3 is 13.6 Å². The van der Waals surface area contributed by atoms with Crippen LogP contribution in [0.2, 0.25) is 33.2 Å². The van der Waals surface area contributed by atoms with E-state index in [-0.39, 0.29) is 18.0 Å². The Morgan fingerprint density at radius 2 is 1.12 bits per heavy atom. The van der Waals surface area contributed by atoms with Gasteiger partial charge in [0, 0.05) is 12.8 Å². The fourth-order valence-corrected chi connectivity index (χ4v) is 18.8. The van der Waals surface area contributed by atoms with E-state index in [1.54, 1.807) is 0 Å². The highest BCUT2D eigenvalue weighted by Gasteiger charge is 2.56. The zero-order chi connectivity index (χ0) is 25.4. The minimum atomic E-state index is -2.13. The first-order valence-electron chi connectivity index (χ1n) is 13.7. The highest BCUT2D eigenvalue weighted by atomic mass is 28.4. The quantitative estimate of drug-likeness (QED) is 0.286. The third kappa shape index (κ3) is 5.25. The van der Waals surface area contributed by atoms with Gasteiger partial charge in [0.1, 0.15) is 5.60 Å². The Morgan fingerprint density at radius 3 is 1.45 bits per heavy atom. The average Bonchev–Trinajstić information content (AvgIpc) is 3.03. The third-order valence-electron chi connectivity index (χ3n) is 9.09. The van der Waals surface area contributed by atoms with Crippen LogP contribution in [0.1, 0.15) is 109 Å². The zero-order valence-electron chi connectivity index (χ0n) is 23.8. The van der Waals surface area contributed by atoms with E-state index in [1.165, 1.54) is 0 Å². The number of Topliss-reactive ketones (excluding diaryl/α,β-unsaturated/α-hetero) is 1. The van der Waals surface area contributed by atoms with Crippen LogP contribution in [0.25, 0.3) is 0 Å². The first kappa shape index (κ1) is 29.2. The largest absolute Gasteiger partial charge is 0.410 e. The molecule has 1 saturated carbocycles. The van der Waals surface area contributed by atoms with Gasteiger partial charge in [-0.15, -0.1) is 0 Å². The van der Waals surface area contributed by atoms with E-state index in [0.29, 0.717) is 52.7 Å². The molecule has 1 aliphatic carbocycles. The van der Waals surface area contributed by atoms with Gasteiger partial charge in [-0.3, -0.25) is 4.79 Å². The van der Waals surface area contributed by atoms with Gasteiger partial charge in [0.15, 0.2) is 5.78 Å². The molecule has 4 nitrogen and oxygen atoms in total. The molecule has 6 heteroatoms. The van der Waals surface area contributed by atoms with Crippen molar-refractivity contribution >= 4 is 22.4 Å². The van der Waals surface area contributed by atoms with E-state index in [4.69, 9.17) is 13.6 Å². The maximum atomic E-state index is 13.0. The SMILES string of the molecule is CC(C)[Si](O[C@H]1C[C@]2(CCCC2=O)OC[C@H]1O[Si](C(C)C)(C(C)C)C(C)C)(C(C)C)C(C)C. The summed E-state index contributed by atoms with van der Waals surface area (Å²) >= 11 is 0. The molecule has 0 unspecified atom stereocenters. The summed E-state index contributed by atoms with van der Waals surface area (Å²) in [6, 6.07) is 0. The van der Waals surface area contributed by atoms with Crippen LogP contribution in [0.5, 0.6) is 0 Å². The maximum absolute atomic E-state index is 13.0. The monoisotopic (exact) mass is 498 g/mol. The Bertz CT molecular complexity index is 615. The third-order valence-corrected chi connectivity index (χ3v) is 21.3. The molecule has 2 aliphatic rings. The number of ketones is 1. The summed E-state index contributed by atoms with van der Waals surface area (Å²) in [5.41, 5.74) is 2.36. The van der Waals surface area contributed by atoms with Crippen LogP contribution in [-0.4, -0.2) is 46.8 Å². The summed E-state index contributed by atoms with van der Waals surface area (Å²) in [5.74, 6) is 0.278.